The SMILES string of the molecule is Cc1c(Br)cccc1NC(=O)C1CCNC1C. The molecule has 0 saturated carbocycles. The maximum atomic E-state index is 12.1. The number of nitrogens with one attached hydrogen (secondary N) is 2. The van der Waals surface area contributed by atoms with E-state index in [4.69, 9.17) is 0 Å². The summed E-state index contributed by atoms with van der Waals surface area (Å²) in [5.74, 6) is 0.192. The first kappa shape index (κ1) is 12.6. The molecule has 0 radical (unpaired) electrons. The fourth-order valence-electron chi connectivity index (χ4n) is 2.19. The zero-order chi connectivity index (χ0) is 12.4. The van der Waals surface area contributed by atoms with E-state index in [0.29, 0.717) is 0 Å². The molecule has 1 aliphatic rings. The number of rotatable bonds is 2. The fraction of sp³-hybridized carbons (Fsp3) is 0.462. The molecule has 3 nitrogen and oxygen atoms in total. The smallest absolute Gasteiger partial charge is 0.229 e. The lowest BCUT2D eigenvalue weighted by molar-refractivity contribution is -0.120. The highest BCUT2D eigenvalue weighted by Gasteiger charge is 2.29. The van der Waals surface area contributed by atoms with E-state index in [9.17, 15) is 4.79 Å². The van der Waals surface area contributed by atoms with Gasteiger partial charge in [-0.2, -0.15) is 0 Å². The van der Waals surface area contributed by atoms with Crippen molar-refractivity contribution in [3.8, 4) is 0 Å². The Balaban J connectivity index is 2.10. The van der Waals surface area contributed by atoms with E-state index in [-0.39, 0.29) is 17.9 Å². The summed E-state index contributed by atoms with van der Waals surface area (Å²) in [6.07, 6.45) is 0.917. The molecule has 0 aromatic heterocycles. The Kier molecular flexibility index (Phi) is 3.84. The van der Waals surface area contributed by atoms with Crippen molar-refractivity contribution in [2.24, 2.45) is 5.92 Å². The van der Waals surface area contributed by atoms with E-state index in [1.807, 2.05) is 25.1 Å². The van der Waals surface area contributed by atoms with Crippen molar-refractivity contribution in [2.45, 2.75) is 26.3 Å². The van der Waals surface area contributed by atoms with Gasteiger partial charge in [0.15, 0.2) is 0 Å². The van der Waals surface area contributed by atoms with E-state index in [2.05, 4.69) is 33.5 Å². The number of hydrogen-bond donors (Lipinski definition) is 2. The number of hydrogen-bond acceptors (Lipinski definition) is 2. The van der Waals surface area contributed by atoms with Crippen molar-refractivity contribution < 1.29 is 4.79 Å². The molecule has 1 fully saturated rings. The molecule has 92 valence electrons. The summed E-state index contributed by atoms with van der Waals surface area (Å²) < 4.78 is 1.02. The van der Waals surface area contributed by atoms with Gasteiger partial charge >= 0.3 is 0 Å². The first-order chi connectivity index (χ1) is 8.09. The molecule has 4 heteroatoms. The van der Waals surface area contributed by atoms with Crippen LogP contribution < -0.4 is 10.6 Å². The third-order valence-electron chi connectivity index (χ3n) is 3.39. The van der Waals surface area contributed by atoms with Crippen LogP contribution in [0.4, 0.5) is 5.69 Å². The normalized spacial score (nSPS) is 23.7. The molecule has 0 bridgehead atoms. The minimum absolute atomic E-state index is 0.0772. The van der Waals surface area contributed by atoms with Gasteiger partial charge in [0, 0.05) is 16.2 Å². The second kappa shape index (κ2) is 5.19. The molecular weight excluding hydrogens is 280 g/mol. The maximum absolute atomic E-state index is 12.1. The predicted octanol–water partition coefficient (Wildman–Crippen LogP) is 2.69. The molecule has 0 aliphatic carbocycles. The molecule has 17 heavy (non-hydrogen) atoms. The zero-order valence-electron chi connectivity index (χ0n) is 10.1. The lowest BCUT2D eigenvalue weighted by Gasteiger charge is -2.16. The minimum Gasteiger partial charge on any atom is -0.326 e. The predicted molar refractivity (Wildman–Crippen MR) is 73.1 cm³/mol. The third-order valence-corrected chi connectivity index (χ3v) is 4.25. The summed E-state index contributed by atoms with van der Waals surface area (Å²) in [4.78, 5) is 12.1. The van der Waals surface area contributed by atoms with E-state index < -0.39 is 0 Å². The minimum atomic E-state index is 0.0772. The van der Waals surface area contributed by atoms with Crippen molar-refractivity contribution >= 4 is 27.5 Å². The van der Waals surface area contributed by atoms with Crippen molar-refractivity contribution in [1.82, 2.24) is 5.32 Å². The number of anilines is 1. The average molecular weight is 297 g/mol. The van der Waals surface area contributed by atoms with Crippen LogP contribution in [0.25, 0.3) is 0 Å². The van der Waals surface area contributed by atoms with Gasteiger partial charge in [-0.15, -0.1) is 0 Å². The van der Waals surface area contributed by atoms with Crippen LogP contribution in [0, 0.1) is 12.8 Å². The molecule has 2 unspecified atom stereocenters. The van der Waals surface area contributed by atoms with Crippen LogP contribution in [-0.2, 0) is 4.79 Å². The third kappa shape index (κ3) is 2.69. The Morgan fingerprint density at radius 3 is 2.94 bits per heavy atom. The molecule has 0 spiro atoms. The summed E-state index contributed by atoms with van der Waals surface area (Å²) in [6, 6.07) is 6.11. The van der Waals surface area contributed by atoms with Crippen LogP contribution in [0.3, 0.4) is 0 Å². The topological polar surface area (TPSA) is 41.1 Å². The largest absolute Gasteiger partial charge is 0.326 e. The van der Waals surface area contributed by atoms with E-state index >= 15 is 0 Å². The fourth-order valence-corrected chi connectivity index (χ4v) is 2.55. The summed E-state index contributed by atoms with van der Waals surface area (Å²) in [5, 5.41) is 6.31. The van der Waals surface area contributed by atoms with Gasteiger partial charge in [-0.3, -0.25) is 4.79 Å². The van der Waals surface area contributed by atoms with Crippen molar-refractivity contribution in [1.29, 1.82) is 0 Å². The Labute approximate surface area is 110 Å². The molecule has 1 aromatic rings. The number of benzene rings is 1. The van der Waals surface area contributed by atoms with Crippen LogP contribution >= 0.6 is 15.9 Å². The Morgan fingerprint density at radius 2 is 2.29 bits per heavy atom. The molecule has 2 rings (SSSR count). The number of amides is 1. The summed E-state index contributed by atoms with van der Waals surface area (Å²) in [6.45, 7) is 4.98. The van der Waals surface area contributed by atoms with Crippen molar-refractivity contribution in [3.05, 3.63) is 28.2 Å². The standard InChI is InChI=1S/C13H17BrN2O/c1-8-11(14)4-3-5-12(8)16-13(17)10-6-7-15-9(10)2/h3-5,9-10,15H,6-7H2,1-2H3,(H,16,17). The van der Waals surface area contributed by atoms with Crippen molar-refractivity contribution in [3.63, 3.8) is 0 Å². The number of halogens is 1. The molecule has 2 N–H and O–H groups in total. The molecule has 1 amide bonds. The highest BCUT2D eigenvalue weighted by Crippen LogP contribution is 2.25. The molecule has 1 aromatic carbocycles. The van der Waals surface area contributed by atoms with E-state index in [1.54, 1.807) is 0 Å². The molecule has 1 saturated heterocycles. The highest BCUT2D eigenvalue weighted by molar-refractivity contribution is 9.10. The van der Waals surface area contributed by atoms with Gasteiger partial charge < -0.3 is 10.6 Å². The Morgan fingerprint density at radius 1 is 1.53 bits per heavy atom. The van der Waals surface area contributed by atoms with Gasteiger partial charge in [0.05, 0.1) is 5.92 Å². The monoisotopic (exact) mass is 296 g/mol. The van der Waals surface area contributed by atoms with Gasteiger partial charge in [0.2, 0.25) is 5.91 Å². The van der Waals surface area contributed by atoms with E-state index in [1.165, 1.54) is 0 Å². The van der Waals surface area contributed by atoms with Crippen LogP contribution in [0.2, 0.25) is 0 Å². The quantitative estimate of drug-likeness (QED) is 0.881. The number of carbonyl (C=O) groups excluding carboxylic acids is 1. The van der Waals surface area contributed by atoms with Crippen LogP contribution in [0.15, 0.2) is 22.7 Å². The number of carbonyl (C=O) groups is 1. The van der Waals surface area contributed by atoms with Crippen LogP contribution in [0.1, 0.15) is 18.9 Å². The summed E-state index contributed by atoms with van der Waals surface area (Å²) in [5.41, 5.74) is 1.96. The lowest BCUT2D eigenvalue weighted by Crippen LogP contribution is -2.32. The van der Waals surface area contributed by atoms with Gasteiger partial charge in [0.25, 0.3) is 0 Å². The maximum Gasteiger partial charge on any atom is 0.229 e. The molecule has 1 aliphatic heterocycles. The first-order valence-electron chi connectivity index (χ1n) is 5.89. The van der Waals surface area contributed by atoms with Gasteiger partial charge in [-0.05, 0) is 44.5 Å². The van der Waals surface area contributed by atoms with Crippen LogP contribution in [0.5, 0.6) is 0 Å². The average Bonchev–Trinajstić information content (AvgIpc) is 2.71. The van der Waals surface area contributed by atoms with Gasteiger partial charge in [-0.25, -0.2) is 0 Å². The summed E-state index contributed by atoms with van der Waals surface area (Å²) in [7, 11) is 0. The molecular formula is C13H17BrN2O. The Bertz CT molecular complexity index is 433. The Hall–Kier alpha value is -0.870. The zero-order valence-corrected chi connectivity index (χ0v) is 11.7. The molecule has 2 atom stereocenters. The van der Waals surface area contributed by atoms with Gasteiger partial charge in [0.1, 0.15) is 0 Å². The first-order valence-corrected chi connectivity index (χ1v) is 6.68. The van der Waals surface area contributed by atoms with Gasteiger partial charge in [-0.1, -0.05) is 22.0 Å². The summed E-state index contributed by atoms with van der Waals surface area (Å²) >= 11 is 3.47. The highest BCUT2D eigenvalue weighted by atomic mass is 79.9. The lowest BCUT2D eigenvalue weighted by atomic mass is 10.0. The van der Waals surface area contributed by atoms with E-state index in [0.717, 1.165) is 28.7 Å². The second-order valence-corrected chi connectivity index (χ2v) is 5.39. The van der Waals surface area contributed by atoms with Crippen LogP contribution in [-0.4, -0.2) is 18.5 Å². The molecule has 1 heterocycles. The van der Waals surface area contributed by atoms with Crippen molar-refractivity contribution in [2.75, 3.05) is 11.9 Å². The second-order valence-electron chi connectivity index (χ2n) is 4.54.